The fraction of sp³-hybridized carbons (Fsp3) is 0.455. The molecule has 0 spiro atoms. The van der Waals surface area contributed by atoms with Crippen LogP contribution < -0.4 is 5.32 Å². The molecule has 15 heavy (non-hydrogen) atoms. The molecule has 0 aromatic heterocycles. The lowest BCUT2D eigenvalue weighted by Gasteiger charge is -2.17. The summed E-state index contributed by atoms with van der Waals surface area (Å²) in [5, 5.41) is 13.3. The summed E-state index contributed by atoms with van der Waals surface area (Å²) < 4.78 is 0. The minimum absolute atomic E-state index is 0.263. The highest BCUT2D eigenvalue weighted by Gasteiger charge is 2.08. The van der Waals surface area contributed by atoms with E-state index in [9.17, 15) is 5.11 Å². The van der Waals surface area contributed by atoms with E-state index >= 15 is 0 Å². The Balaban J connectivity index is 2.63. The number of rotatable bonds is 5. The van der Waals surface area contributed by atoms with E-state index < -0.39 is 0 Å². The highest BCUT2D eigenvalue weighted by molar-refractivity contribution is 6.31. The molecule has 0 aliphatic heterocycles. The molecular formula is C11H17ClN2O. The molecule has 0 bridgehead atoms. The average Bonchev–Trinajstić information content (AvgIpc) is 2.21. The summed E-state index contributed by atoms with van der Waals surface area (Å²) in [5.41, 5.74) is 0.790. The van der Waals surface area contributed by atoms with E-state index in [0.717, 1.165) is 18.7 Å². The molecule has 0 saturated carbocycles. The quantitative estimate of drug-likeness (QED) is 0.805. The second kappa shape index (κ2) is 5.95. The van der Waals surface area contributed by atoms with Gasteiger partial charge in [0.1, 0.15) is 5.75 Å². The van der Waals surface area contributed by atoms with E-state index in [1.165, 1.54) is 0 Å². The van der Waals surface area contributed by atoms with Crippen LogP contribution in [-0.2, 0) is 6.54 Å². The normalized spacial score (nSPS) is 10.9. The number of benzene rings is 1. The first-order valence-corrected chi connectivity index (χ1v) is 5.32. The van der Waals surface area contributed by atoms with Gasteiger partial charge >= 0.3 is 0 Å². The predicted molar refractivity (Wildman–Crippen MR) is 63.4 cm³/mol. The number of phenolic OH excluding ortho intramolecular Hbond substituents is 1. The standard InChI is InChI=1S/C11H17ClN2O/c1-13-6-7-14(2)8-9-10(12)4-3-5-11(9)15/h3-5,13,15H,6-8H2,1-2H3. The summed E-state index contributed by atoms with van der Waals surface area (Å²) in [6.07, 6.45) is 0. The third-order valence-corrected chi connectivity index (χ3v) is 2.62. The zero-order valence-electron chi connectivity index (χ0n) is 9.13. The Morgan fingerprint density at radius 1 is 1.47 bits per heavy atom. The van der Waals surface area contributed by atoms with Crippen molar-refractivity contribution in [1.82, 2.24) is 10.2 Å². The maximum absolute atomic E-state index is 9.64. The highest BCUT2D eigenvalue weighted by atomic mass is 35.5. The number of hydrogen-bond donors (Lipinski definition) is 2. The minimum atomic E-state index is 0.263. The number of likely N-dealkylation sites (N-methyl/N-ethyl adjacent to an activating group) is 2. The van der Waals surface area contributed by atoms with Crippen LogP contribution in [0.15, 0.2) is 18.2 Å². The third-order valence-electron chi connectivity index (χ3n) is 2.27. The zero-order valence-corrected chi connectivity index (χ0v) is 9.88. The van der Waals surface area contributed by atoms with Crippen LogP contribution in [0.1, 0.15) is 5.56 Å². The summed E-state index contributed by atoms with van der Waals surface area (Å²) in [6, 6.07) is 5.20. The fourth-order valence-electron chi connectivity index (χ4n) is 1.36. The van der Waals surface area contributed by atoms with Gasteiger partial charge in [-0.25, -0.2) is 0 Å². The number of hydrogen-bond acceptors (Lipinski definition) is 3. The molecule has 0 saturated heterocycles. The molecule has 0 aliphatic rings. The molecule has 1 aromatic carbocycles. The maximum atomic E-state index is 9.64. The third kappa shape index (κ3) is 3.70. The van der Waals surface area contributed by atoms with Crippen LogP contribution in [0, 0.1) is 0 Å². The van der Waals surface area contributed by atoms with Crippen LogP contribution in [0.5, 0.6) is 5.75 Å². The van der Waals surface area contributed by atoms with E-state index in [0.29, 0.717) is 11.6 Å². The molecule has 0 fully saturated rings. The van der Waals surface area contributed by atoms with Gasteiger partial charge in [0.25, 0.3) is 0 Å². The number of nitrogens with one attached hydrogen (secondary N) is 1. The summed E-state index contributed by atoms with van der Waals surface area (Å²) in [6.45, 7) is 2.50. The van der Waals surface area contributed by atoms with Gasteiger partial charge in [0.2, 0.25) is 0 Å². The van der Waals surface area contributed by atoms with Crippen LogP contribution >= 0.6 is 11.6 Å². The summed E-state index contributed by atoms with van der Waals surface area (Å²) >= 11 is 6.01. The lowest BCUT2D eigenvalue weighted by molar-refractivity contribution is 0.321. The monoisotopic (exact) mass is 228 g/mol. The van der Waals surface area contributed by atoms with Gasteiger partial charge in [-0.3, -0.25) is 0 Å². The summed E-state index contributed by atoms with van der Waals surface area (Å²) in [7, 11) is 3.92. The zero-order chi connectivity index (χ0) is 11.3. The van der Waals surface area contributed by atoms with Crippen molar-refractivity contribution in [3.8, 4) is 5.75 Å². The van der Waals surface area contributed by atoms with Crippen molar-refractivity contribution in [2.45, 2.75) is 6.54 Å². The van der Waals surface area contributed by atoms with Crippen molar-refractivity contribution in [1.29, 1.82) is 0 Å². The molecule has 0 unspecified atom stereocenters. The van der Waals surface area contributed by atoms with Gasteiger partial charge in [0.05, 0.1) is 0 Å². The fourth-order valence-corrected chi connectivity index (χ4v) is 1.58. The van der Waals surface area contributed by atoms with Crippen LogP contribution in [-0.4, -0.2) is 37.2 Å². The van der Waals surface area contributed by atoms with Crippen molar-refractivity contribution in [3.63, 3.8) is 0 Å². The molecule has 2 N–H and O–H groups in total. The first-order chi connectivity index (χ1) is 7.15. The molecule has 1 rings (SSSR count). The maximum Gasteiger partial charge on any atom is 0.121 e. The van der Waals surface area contributed by atoms with Crippen molar-refractivity contribution in [3.05, 3.63) is 28.8 Å². The predicted octanol–water partition coefficient (Wildman–Crippen LogP) is 1.70. The lowest BCUT2D eigenvalue weighted by atomic mass is 10.2. The van der Waals surface area contributed by atoms with Crippen molar-refractivity contribution < 1.29 is 5.11 Å². The van der Waals surface area contributed by atoms with E-state index in [1.54, 1.807) is 18.2 Å². The van der Waals surface area contributed by atoms with Crippen molar-refractivity contribution in [2.75, 3.05) is 27.2 Å². The van der Waals surface area contributed by atoms with Gasteiger partial charge in [-0.15, -0.1) is 0 Å². The Morgan fingerprint density at radius 2 is 2.20 bits per heavy atom. The molecule has 0 radical (unpaired) electrons. The average molecular weight is 229 g/mol. The first kappa shape index (κ1) is 12.3. The molecule has 0 aliphatic carbocycles. The van der Waals surface area contributed by atoms with Crippen LogP contribution in [0.2, 0.25) is 5.02 Å². The highest BCUT2D eigenvalue weighted by Crippen LogP contribution is 2.25. The van der Waals surface area contributed by atoms with Crippen LogP contribution in [0.4, 0.5) is 0 Å². The Labute approximate surface area is 95.7 Å². The number of nitrogens with zero attached hydrogens (tertiary/aromatic N) is 1. The van der Waals surface area contributed by atoms with Gasteiger partial charge in [-0.2, -0.15) is 0 Å². The topological polar surface area (TPSA) is 35.5 Å². The lowest BCUT2D eigenvalue weighted by Crippen LogP contribution is -2.27. The Bertz CT molecular complexity index is 297. The molecule has 84 valence electrons. The van der Waals surface area contributed by atoms with Gasteiger partial charge in [0, 0.05) is 30.2 Å². The second-order valence-electron chi connectivity index (χ2n) is 3.58. The van der Waals surface area contributed by atoms with Gasteiger partial charge in [-0.1, -0.05) is 17.7 Å². The Kier molecular flexibility index (Phi) is 4.88. The number of aromatic hydroxyl groups is 1. The summed E-state index contributed by atoms with van der Waals surface area (Å²) in [5.74, 6) is 0.263. The SMILES string of the molecule is CNCCN(C)Cc1c(O)cccc1Cl. The van der Waals surface area contributed by atoms with Crippen molar-refractivity contribution in [2.24, 2.45) is 0 Å². The molecule has 3 nitrogen and oxygen atoms in total. The van der Waals surface area contributed by atoms with E-state index in [1.807, 2.05) is 14.1 Å². The van der Waals surface area contributed by atoms with Crippen LogP contribution in [0.3, 0.4) is 0 Å². The number of halogens is 1. The largest absolute Gasteiger partial charge is 0.508 e. The number of phenols is 1. The molecular weight excluding hydrogens is 212 g/mol. The minimum Gasteiger partial charge on any atom is -0.508 e. The van der Waals surface area contributed by atoms with Gasteiger partial charge in [-0.05, 0) is 26.2 Å². The van der Waals surface area contributed by atoms with E-state index in [4.69, 9.17) is 11.6 Å². The van der Waals surface area contributed by atoms with Crippen LogP contribution in [0.25, 0.3) is 0 Å². The van der Waals surface area contributed by atoms with E-state index in [2.05, 4.69) is 10.2 Å². The Morgan fingerprint density at radius 3 is 2.80 bits per heavy atom. The molecule has 0 amide bonds. The molecule has 4 heteroatoms. The van der Waals surface area contributed by atoms with Gasteiger partial charge in [0.15, 0.2) is 0 Å². The van der Waals surface area contributed by atoms with E-state index in [-0.39, 0.29) is 5.75 Å². The Hall–Kier alpha value is -0.770. The molecule has 0 heterocycles. The molecule has 1 aromatic rings. The smallest absolute Gasteiger partial charge is 0.121 e. The first-order valence-electron chi connectivity index (χ1n) is 4.94. The second-order valence-corrected chi connectivity index (χ2v) is 3.99. The van der Waals surface area contributed by atoms with Crippen molar-refractivity contribution >= 4 is 11.6 Å². The van der Waals surface area contributed by atoms with Gasteiger partial charge < -0.3 is 15.3 Å². The summed E-state index contributed by atoms with van der Waals surface area (Å²) in [4.78, 5) is 2.11. The molecule has 0 atom stereocenters.